The number of fused-ring (bicyclic) bond motifs is 3. The van der Waals surface area contributed by atoms with E-state index >= 15 is 0 Å². The van der Waals surface area contributed by atoms with E-state index in [-0.39, 0.29) is 11.1 Å². The number of rotatable bonds is 3. The molecular weight excluding hydrogens is 432 g/mol. The minimum atomic E-state index is -3.84. The smallest absolute Gasteiger partial charge is 0.0583 e. The van der Waals surface area contributed by atoms with Gasteiger partial charge in [-0.25, -0.2) is 0 Å². The van der Waals surface area contributed by atoms with Crippen LogP contribution in [-0.4, -0.2) is 0 Å². The van der Waals surface area contributed by atoms with Crippen LogP contribution in [0.5, 0.6) is 0 Å². The third-order valence-corrected chi connectivity index (χ3v) is 6.70. The van der Waals surface area contributed by atoms with Crippen LogP contribution in [0.25, 0.3) is 33.0 Å². The molecule has 1 fully saturated rings. The predicted octanol–water partition coefficient (Wildman–Crippen LogP) is 9.88. The molecule has 0 spiro atoms. The Kier molecular flexibility index (Phi) is 2.83. The van der Waals surface area contributed by atoms with Crippen LogP contribution in [0, 0.1) is 11.8 Å². The van der Waals surface area contributed by atoms with E-state index in [0.29, 0.717) is 33.0 Å². The average Bonchev–Trinajstić information content (AvgIpc) is 3.08. The molecule has 0 heteroatoms. The van der Waals surface area contributed by atoms with Crippen LogP contribution in [0.3, 0.4) is 0 Å². The molecule has 0 N–H and O–H groups in total. The van der Waals surface area contributed by atoms with Gasteiger partial charge in [0.1, 0.15) is 0 Å². The summed E-state index contributed by atoms with van der Waals surface area (Å²) in [5.41, 5.74) is 0.240. The first-order chi connectivity index (χ1) is 23.6. The summed E-state index contributed by atoms with van der Waals surface area (Å²) in [5.74, 6) is -7.04. The monoisotopic (exact) mass is 479 g/mol. The number of allylic oxidation sites excluding steroid dienone is 6. The highest BCUT2D eigenvalue weighted by Crippen LogP contribution is 2.51. The third-order valence-electron chi connectivity index (χ3n) is 6.70. The summed E-state index contributed by atoms with van der Waals surface area (Å²) in [4.78, 5) is 0. The molecule has 0 saturated heterocycles. The van der Waals surface area contributed by atoms with Gasteiger partial charge in [-0.2, -0.15) is 0 Å². The van der Waals surface area contributed by atoms with E-state index in [2.05, 4.69) is 0 Å². The SMILES string of the molecule is [2H]C1=C(c2ccccc2-c2ccccc2)C(c2cccc3ccccc23)=C2C=C3C([2H])([2H])C([2H])([2H])C([2H])([2H])C([2H])([2H])C3([2H])C([2H])([2H])C2([2H])C1([2H])[2H]. The van der Waals surface area contributed by atoms with Gasteiger partial charge in [0.25, 0.3) is 0 Å². The Labute approximate surface area is 235 Å². The molecule has 4 aromatic rings. The van der Waals surface area contributed by atoms with Gasteiger partial charge in [0.05, 0.1) is 1.37 Å². The maximum atomic E-state index is 9.92. The van der Waals surface area contributed by atoms with Crippen molar-refractivity contribution in [3.63, 3.8) is 0 Å². The van der Waals surface area contributed by atoms with E-state index < -0.39 is 67.2 Å². The second-order valence-electron chi connectivity index (χ2n) is 8.79. The maximum absolute atomic E-state index is 9.92. The van der Waals surface area contributed by atoms with Crippen molar-refractivity contribution in [2.24, 2.45) is 11.8 Å². The lowest BCUT2D eigenvalue weighted by Crippen LogP contribution is -2.23. The van der Waals surface area contributed by atoms with Gasteiger partial charge in [-0.1, -0.05) is 121 Å². The summed E-state index contributed by atoms with van der Waals surface area (Å²) >= 11 is 0. The highest BCUT2D eigenvalue weighted by atomic mass is 14.4. The van der Waals surface area contributed by atoms with Crippen LogP contribution in [0.1, 0.15) is 69.9 Å². The molecule has 0 radical (unpaired) electrons. The van der Waals surface area contributed by atoms with Crippen LogP contribution in [0.2, 0.25) is 0 Å². The fourth-order valence-corrected chi connectivity index (χ4v) is 5.05. The van der Waals surface area contributed by atoms with E-state index in [9.17, 15) is 9.60 Å². The van der Waals surface area contributed by atoms with E-state index in [1.54, 1.807) is 78.9 Å². The van der Waals surface area contributed by atoms with Crippen LogP contribution in [-0.2, 0) is 0 Å². The molecule has 176 valence electrons. The Morgan fingerprint density at radius 2 is 1.47 bits per heavy atom. The minimum Gasteiger partial charge on any atom is -0.0754 e. The van der Waals surface area contributed by atoms with E-state index in [0.717, 1.165) is 6.08 Å². The van der Waals surface area contributed by atoms with Crippen LogP contribution in [0.15, 0.2) is 120 Å². The van der Waals surface area contributed by atoms with Gasteiger partial charge < -0.3 is 0 Å². The maximum Gasteiger partial charge on any atom is 0.0583 e. The third kappa shape index (κ3) is 3.68. The Balaban J connectivity index is 1.74. The predicted molar refractivity (Wildman–Crippen MR) is 153 cm³/mol. The highest BCUT2D eigenvalue weighted by molar-refractivity contribution is 6.14. The molecule has 2 atom stereocenters. The molecule has 36 heavy (non-hydrogen) atoms. The van der Waals surface area contributed by atoms with Gasteiger partial charge >= 0.3 is 0 Å². The zero-order valence-corrected chi connectivity index (χ0v) is 19.3. The lowest BCUT2D eigenvalue weighted by atomic mass is 9.66. The molecule has 4 aromatic carbocycles. The summed E-state index contributed by atoms with van der Waals surface area (Å²) in [6, 6.07) is 27.4. The fourth-order valence-electron chi connectivity index (χ4n) is 5.05. The first-order valence-electron chi connectivity index (χ1n) is 19.4. The summed E-state index contributed by atoms with van der Waals surface area (Å²) < 4.78 is 137. The molecule has 0 aromatic heterocycles. The van der Waals surface area contributed by atoms with Gasteiger partial charge in [-0.05, 0) is 93.4 Å². The van der Waals surface area contributed by atoms with Crippen molar-refractivity contribution in [1.82, 2.24) is 0 Å². The van der Waals surface area contributed by atoms with Crippen molar-refractivity contribution in [3.05, 3.63) is 131 Å². The van der Waals surface area contributed by atoms with Crippen molar-refractivity contribution in [2.45, 2.75) is 38.2 Å². The molecule has 2 unspecified atom stereocenters. The zero-order valence-electron chi connectivity index (χ0n) is 34.3. The second-order valence-corrected chi connectivity index (χ2v) is 8.79. The molecule has 0 amide bonds. The standard InChI is InChI=1S/C36H32/c1-2-11-25(12-3-1)30-17-8-9-19-32(30)34-22-21-29-23-27-14-4-5-15-28(27)24-35(29)36(34)33-20-10-16-26-13-6-7-18-31(26)33/h1-3,6-13,16-20,22,24,27,29H,4-5,14-15,21,23H2/i4D2,5D2,14D2,15D2,21D2,22D,23D2,27D,29D. The molecule has 7 rings (SSSR count). The Hall–Kier alpha value is -3.64. The van der Waals surface area contributed by atoms with Crippen LogP contribution < -0.4 is 0 Å². The normalized spacial score (nSPS) is 40.3. The summed E-state index contributed by atoms with van der Waals surface area (Å²) in [6.45, 7) is 0. The zero-order chi connectivity index (χ0) is 37.4. The first-order valence-corrected chi connectivity index (χ1v) is 11.9. The van der Waals surface area contributed by atoms with Gasteiger partial charge in [-0.15, -0.1) is 0 Å². The summed E-state index contributed by atoms with van der Waals surface area (Å²) in [6.07, 6.45) is -21.2. The molecule has 0 bridgehead atoms. The number of hydrogen-bond acceptors (Lipinski definition) is 0. The molecule has 0 heterocycles. The lowest BCUT2D eigenvalue weighted by molar-refractivity contribution is 0.364. The molecule has 0 aliphatic heterocycles. The lowest BCUT2D eigenvalue weighted by Gasteiger charge is -2.38. The van der Waals surface area contributed by atoms with Crippen LogP contribution >= 0.6 is 0 Å². The van der Waals surface area contributed by atoms with Crippen LogP contribution in [0.4, 0.5) is 0 Å². The highest BCUT2D eigenvalue weighted by Gasteiger charge is 2.34. The fraction of sp³-hybridized carbons (Fsp3) is 0.222. The van der Waals surface area contributed by atoms with E-state index in [4.69, 9.17) is 11.0 Å². The molecular formula is C36H32. The van der Waals surface area contributed by atoms with Crippen molar-refractivity contribution in [3.8, 4) is 11.1 Å². The van der Waals surface area contributed by atoms with E-state index in [1.807, 2.05) is 18.2 Å². The van der Waals surface area contributed by atoms with E-state index in [1.165, 1.54) is 0 Å². The van der Waals surface area contributed by atoms with Crippen molar-refractivity contribution >= 4 is 21.9 Å². The minimum absolute atomic E-state index is 0.0331. The number of benzene rings is 4. The summed E-state index contributed by atoms with van der Waals surface area (Å²) in [7, 11) is 0. The average molecular weight is 480 g/mol. The quantitative estimate of drug-likeness (QED) is 0.274. The Morgan fingerprint density at radius 1 is 0.722 bits per heavy atom. The molecule has 3 aliphatic rings. The van der Waals surface area contributed by atoms with Crippen molar-refractivity contribution < 1.29 is 20.6 Å². The molecule has 1 saturated carbocycles. The van der Waals surface area contributed by atoms with Gasteiger partial charge in [-0.3, -0.25) is 0 Å². The first kappa shape index (κ1) is 11.2. The Morgan fingerprint density at radius 3 is 2.39 bits per heavy atom. The van der Waals surface area contributed by atoms with Gasteiger partial charge in [0.2, 0.25) is 0 Å². The van der Waals surface area contributed by atoms with Crippen molar-refractivity contribution in [2.75, 3.05) is 0 Å². The second kappa shape index (κ2) is 9.10. The number of hydrogen-bond donors (Lipinski definition) is 0. The largest absolute Gasteiger partial charge is 0.0754 e. The van der Waals surface area contributed by atoms with Gasteiger partial charge in [0, 0.05) is 19.2 Å². The topological polar surface area (TPSA) is 0 Å². The van der Waals surface area contributed by atoms with Gasteiger partial charge in [0.15, 0.2) is 0 Å². The molecule has 0 nitrogen and oxygen atoms in total. The Bertz CT molecular complexity index is 2210. The van der Waals surface area contributed by atoms with Crippen molar-refractivity contribution in [1.29, 1.82) is 0 Å². The molecule has 3 aliphatic carbocycles. The summed E-state index contributed by atoms with van der Waals surface area (Å²) in [5, 5.41) is 1.26.